The van der Waals surface area contributed by atoms with E-state index >= 15 is 0 Å². The number of nitrogens with one attached hydrogen (secondary N) is 2. The van der Waals surface area contributed by atoms with E-state index in [0.717, 1.165) is 22.8 Å². The molecule has 8 heteroatoms. The van der Waals surface area contributed by atoms with E-state index in [4.69, 9.17) is 4.74 Å². The van der Waals surface area contributed by atoms with Crippen molar-refractivity contribution in [3.05, 3.63) is 27.2 Å². The van der Waals surface area contributed by atoms with E-state index in [9.17, 15) is 4.79 Å². The van der Waals surface area contributed by atoms with Crippen LogP contribution in [-0.2, 0) is 16.9 Å². The molecule has 2 aromatic heterocycles. The van der Waals surface area contributed by atoms with Gasteiger partial charge in [0.05, 0.1) is 17.8 Å². The summed E-state index contributed by atoms with van der Waals surface area (Å²) in [6.07, 6.45) is 0.750. The van der Waals surface area contributed by atoms with Gasteiger partial charge in [-0.2, -0.15) is 0 Å². The minimum Gasteiger partial charge on any atom is -0.378 e. The minimum atomic E-state index is -0.490. The Kier molecular flexibility index (Phi) is 5.49. The quantitative estimate of drug-likeness (QED) is 0.844. The first-order chi connectivity index (χ1) is 10.5. The Morgan fingerprint density at radius 3 is 2.73 bits per heavy atom. The summed E-state index contributed by atoms with van der Waals surface area (Å²) in [5.74, 6) is 0. The van der Waals surface area contributed by atoms with Gasteiger partial charge in [0, 0.05) is 23.6 Å². The molecule has 0 spiro atoms. The van der Waals surface area contributed by atoms with Crippen molar-refractivity contribution < 1.29 is 9.53 Å². The second-order valence-electron chi connectivity index (χ2n) is 5.14. The van der Waals surface area contributed by atoms with E-state index in [1.165, 1.54) is 11.3 Å². The van der Waals surface area contributed by atoms with Gasteiger partial charge in [0.15, 0.2) is 5.13 Å². The summed E-state index contributed by atoms with van der Waals surface area (Å²) in [5, 5.41) is 11.1. The first-order valence-electron chi connectivity index (χ1n) is 6.92. The maximum atomic E-state index is 12.2. The summed E-state index contributed by atoms with van der Waals surface area (Å²) in [4.78, 5) is 21.0. The van der Waals surface area contributed by atoms with Gasteiger partial charge in [-0.15, -0.1) is 22.7 Å². The van der Waals surface area contributed by atoms with E-state index in [1.54, 1.807) is 18.4 Å². The van der Waals surface area contributed by atoms with Crippen LogP contribution in [-0.4, -0.2) is 23.1 Å². The highest BCUT2D eigenvalue weighted by Gasteiger charge is 2.30. The molecule has 2 aromatic rings. The number of carbonyl (C=O) groups excluding carboxylic acids is 1. The molecular weight excluding hydrogens is 320 g/mol. The molecule has 0 aliphatic rings. The standard InChI is InChI=1S/C14H20N4O2S2/c1-5-14(3,11-15-9(2)7-21-11)18-12(19)17-13-16-10(6-20-4)8-22-13/h7-8H,5-6H2,1-4H3,(H2,16,17,18,19)/t14-/m0/s1. The van der Waals surface area contributed by atoms with Crippen LogP contribution in [0.1, 0.15) is 36.7 Å². The highest BCUT2D eigenvalue weighted by Crippen LogP contribution is 2.27. The van der Waals surface area contributed by atoms with Crippen molar-refractivity contribution in [1.29, 1.82) is 0 Å². The number of thiazole rings is 2. The normalized spacial score (nSPS) is 13.6. The summed E-state index contributed by atoms with van der Waals surface area (Å²) in [7, 11) is 1.61. The highest BCUT2D eigenvalue weighted by molar-refractivity contribution is 7.14. The monoisotopic (exact) mass is 340 g/mol. The number of anilines is 1. The van der Waals surface area contributed by atoms with Crippen molar-refractivity contribution in [1.82, 2.24) is 15.3 Å². The van der Waals surface area contributed by atoms with Gasteiger partial charge in [0.25, 0.3) is 0 Å². The van der Waals surface area contributed by atoms with Crippen LogP contribution in [0.3, 0.4) is 0 Å². The molecule has 2 heterocycles. The largest absolute Gasteiger partial charge is 0.378 e. The van der Waals surface area contributed by atoms with Gasteiger partial charge in [-0.05, 0) is 20.3 Å². The molecule has 0 radical (unpaired) electrons. The molecule has 0 fully saturated rings. The number of nitrogens with zero attached hydrogens (tertiary/aromatic N) is 2. The molecule has 22 heavy (non-hydrogen) atoms. The van der Waals surface area contributed by atoms with Gasteiger partial charge in [0.1, 0.15) is 5.01 Å². The Hall–Kier alpha value is -1.51. The lowest BCUT2D eigenvalue weighted by molar-refractivity contribution is 0.182. The molecule has 2 amide bonds. The second kappa shape index (κ2) is 7.17. The Morgan fingerprint density at radius 2 is 2.14 bits per heavy atom. The SMILES string of the molecule is CC[C@](C)(NC(=O)Nc1nc(COC)cs1)c1nc(C)cs1. The lowest BCUT2D eigenvalue weighted by Crippen LogP contribution is -2.45. The Bertz CT molecular complexity index is 640. The summed E-state index contributed by atoms with van der Waals surface area (Å²) >= 11 is 2.93. The van der Waals surface area contributed by atoms with Crippen molar-refractivity contribution in [2.24, 2.45) is 0 Å². The zero-order valence-electron chi connectivity index (χ0n) is 13.1. The van der Waals surface area contributed by atoms with Crippen LogP contribution < -0.4 is 10.6 Å². The molecule has 0 aromatic carbocycles. The van der Waals surface area contributed by atoms with E-state index in [-0.39, 0.29) is 6.03 Å². The van der Waals surface area contributed by atoms with E-state index in [1.807, 2.05) is 31.5 Å². The van der Waals surface area contributed by atoms with Crippen LogP contribution in [0.2, 0.25) is 0 Å². The molecule has 0 unspecified atom stereocenters. The number of aromatic nitrogens is 2. The number of urea groups is 1. The summed E-state index contributed by atoms with van der Waals surface area (Å²) in [6, 6.07) is -0.282. The number of methoxy groups -OCH3 is 1. The number of hydrogen-bond donors (Lipinski definition) is 2. The van der Waals surface area contributed by atoms with Gasteiger partial charge in [-0.1, -0.05) is 6.92 Å². The lowest BCUT2D eigenvalue weighted by atomic mass is 10.0. The fourth-order valence-electron chi connectivity index (χ4n) is 1.86. The Labute approximate surface area is 138 Å². The third-order valence-corrected chi connectivity index (χ3v) is 5.28. The van der Waals surface area contributed by atoms with Crippen LogP contribution in [0.5, 0.6) is 0 Å². The molecule has 6 nitrogen and oxygen atoms in total. The number of rotatable bonds is 6. The predicted octanol–water partition coefficient (Wildman–Crippen LogP) is 3.50. The van der Waals surface area contributed by atoms with Gasteiger partial charge in [-0.25, -0.2) is 14.8 Å². The minimum absolute atomic E-state index is 0.282. The number of aryl methyl sites for hydroxylation is 1. The number of ether oxygens (including phenoxy) is 1. The molecule has 1 atom stereocenters. The summed E-state index contributed by atoms with van der Waals surface area (Å²) in [5.41, 5.74) is 1.28. The number of amides is 2. The van der Waals surface area contributed by atoms with Gasteiger partial charge in [0.2, 0.25) is 0 Å². The molecule has 0 bridgehead atoms. The van der Waals surface area contributed by atoms with Crippen molar-refractivity contribution in [2.75, 3.05) is 12.4 Å². The number of hydrogen-bond acceptors (Lipinski definition) is 6. The lowest BCUT2D eigenvalue weighted by Gasteiger charge is -2.27. The zero-order valence-corrected chi connectivity index (χ0v) is 14.7. The molecule has 2 N–H and O–H groups in total. The maximum Gasteiger partial charge on any atom is 0.321 e. The van der Waals surface area contributed by atoms with Gasteiger partial charge >= 0.3 is 6.03 Å². The topological polar surface area (TPSA) is 76.1 Å². The predicted molar refractivity (Wildman–Crippen MR) is 89.5 cm³/mol. The van der Waals surface area contributed by atoms with Crippen molar-refractivity contribution in [2.45, 2.75) is 39.3 Å². The molecule has 0 aliphatic carbocycles. The maximum absolute atomic E-state index is 12.2. The van der Waals surface area contributed by atoms with Crippen LogP contribution >= 0.6 is 22.7 Å². The smallest absolute Gasteiger partial charge is 0.321 e. The van der Waals surface area contributed by atoms with Crippen molar-refractivity contribution in [3.63, 3.8) is 0 Å². The van der Waals surface area contributed by atoms with Crippen LogP contribution in [0.25, 0.3) is 0 Å². The van der Waals surface area contributed by atoms with E-state index in [2.05, 4.69) is 20.6 Å². The molecule has 120 valence electrons. The van der Waals surface area contributed by atoms with E-state index in [0.29, 0.717) is 11.7 Å². The van der Waals surface area contributed by atoms with Crippen molar-refractivity contribution in [3.8, 4) is 0 Å². The Morgan fingerprint density at radius 1 is 1.36 bits per heavy atom. The fraction of sp³-hybridized carbons (Fsp3) is 0.500. The van der Waals surface area contributed by atoms with Gasteiger partial charge < -0.3 is 10.1 Å². The second-order valence-corrected chi connectivity index (χ2v) is 6.85. The molecule has 2 rings (SSSR count). The van der Waals surface area contributed by atoms with E-state index < -0.39 is 5.54 Å². The Balaban J connectivity index is 2.02. The molecule has 0 saturated carbocycles. The van der Waals surface area contributed by atoms with Crippen LogP contribution in [0.4, 0.5) is 9.93 Å². The highest BCUT2D eigenvalue weighted by atomic mass is 32.1. The number of carbonyl (C=O) groups is 1. The van der Waals surface area contributed by atoms with Crippen LogP contribution in [0.15, 0.2) is 10.8 Å². The fourth-order valence-corrected chi connectivity index (χ4v) is 3.54. The average Bonchev–Trinajstić information content (AvgIpc) is 3.08. The first-order valence-corrected chi connectivity index (χ1v) is 8.68. The molecule has 0 saturated heterocycles. The van der Waals surface area contributed by atoms with Crippen molar-refractivity contribution >= 4 is 33.8 Å². The van der Waals surface area contributed by atoms with Crippen LogP contribution in [0, 0.1) is 6.92 Å². The van der Waals surface area contributed by atoms with Gasteiger partial charge in [-0.3, -0.25) is 5.32 Å². The summed E-state index contributed by atoms with van der Waals surface area (Å²) in [6.45, 7) is 6.38. The summed E-state index contributed by atoms with van der Waals surface area (Å²) < 4.78 is 5.01. The third kappa shape index (κ3) is 4.02. The third-order valence-electron chi connectivity index (χ3n) is 3.25. The zero-order chi connectivity index (χ0) is 16.2. The molecule has 0 aliphatic heterocycles. The first kappa shape index (κ1) is 16.9. The molecular formula is C14H20N4O2S2. The average molecular weight is 340 g/mol.